The van der Waals surface area contributed by atoms with Gasteiger partial charge in [-0.1, -0.05) is 25.8 Å². The number of alkyl halides is 3. The molecule has 0 unspecified atom stereocenters. The molecule has 148 valence electrons. The van der Waals surface area contributed by atoms with Gasteiger partial charge in [-0.3, -0.25) is 0 Å². The maximum atomic E-state index is 12.3. The number of hydrogen-bond acceptors (Lipinski definition) is 4. The largest absolute Gasteiger partial charge is 0.573 e. The van der Waals surface area contributed by atoms with Gasteiger partial charge in [0, 0.05) is 24.3 Å². The van der Waals surface area contributed by atoms with Crippen molar-refractivity contribution >= 4 is 11.8 Å². The van der Waals surface area contributed by atoms with Gasteiger partial charge in [-0.2, -0.15) is 0 Å². The second kappa shape index (κ2) is 9.54. The van der Waals surface area contributed by atoms with Crippen LogP contribution < -0.4 is 15.4 Å². The van der Waals surface area contributed by atoms with Crippen LogP contribution in [0.3, 0.4) is 0 Å². The summed E-state index contributed by atoms with van der Waals surface area (Å²) in [7, 11) is 0. The summed E-state index contributed by atoms with van der Waals surface area (Å²) in [5, 5.41) is 5.83. The van der Waals surface area contributed by atoms with Crippen molar-refractivity contribution in [1.82, 2.24) is 5.32 Å². The number of rotatable bonds is 8. The number of halogens is 3. The van der Waals surface area contributed by atoms with E-state index in [4.69, 9.17) is 4.74 Å². The monoisotopic (exact) mass is 376 g/mol. The molecule has 5 nitrogen and oxygen atoms in total. The van der Waals surface area contributed by atoms with E-state index >= 15 is 0 Å². The van der Waals surface area contributed by atoms with Gasteiger partial charge in [0.2, 0.25) is 0 Å². The quantitative estimate of drug-likeness (QED) is 0.664. The topological polar surface area (TPSA) is 59.6 Å². The number of hydrogen-bond donors (Lipinski definition) is 2. The number of carbonyl (C=O) groups is 1. The number of benzene rings is 1. The first-order chi connectivity index (χ1) is 12.0. The van der Waals surface area contributed by atoms with E-state index in [1.807, 2.05) is 6.92 Å². The zero-order valence-electron chi connectivity index (χ0n) is 15.6. The summed E-state index contributed by atoms with van der Waals surface area (Å²) in [6, 6.07) is 5.38. The van der Waals surface area contributed by atoms with Crippen LogP contribution >= 0.6 is 0 Å². The van der Waals surface area contributed by atoms with E-state index in [1.165, 1.54) is 18.2 Å². The zero-order valence-corrected chi connectivity index (χ0v) is 15.6. The molecule has 1 amide bonds. The molecule has 0 fully saturated rings. The molecule has 2 N–H and O–H groups in total. The summed E-state index contributed by atoms with van der Waals surface area (Å²) >= 11 is 0. The Morgan fingerprint density at radius 3 is 2.50 bits per heavy atom. The highest BCUT2D eigenvalue weighted by atomic mass is 19.4. The van der Waals surface area contributed by atoms with E-state index in [0.717, 1.165) is 19.3 Å². The molecular weight excluding hydrogens is 349 g/mol. The molecule has 26 heavy (non-hydrogen) atoms. The minimum atomic E-state index is -4.74. The first-order valence-electron chi connectivity index (χ1n) is 8.57. The van der Waals surface area contributed by atoms with Crippen LogP contribution in [-0.4, -0.2) is 30.6 Å². The van der Waals surface area contributed by atoms with E-state index in [2.05, 4.69) is 15.4 Å². The number of anilines is 1. The lowest BCUT2D eigenvalue weighted by Gasteiger charge is -2.24. The van der Waals surface area contributed by atoms with Crippen molar-refractivity contribution in [3.05, 3.63) is 24.3 Å². The average Bonchev–Trinajstić information content (AvgIpc) is 2.46. The summed E-state index contributed by atoms with van der Waals surface area (Å²) in [6.45, 7) is 7.72. The van der Waals surface area contributed by atoms with E-state index < -0.39 is 18.1 Å². The molecule has 0 radical (unpaired) electrons. The van der Waals surface area contributed by atoms with Crippen molar-refractivity contribution in [2.75, 3.05) is 11.9 Å². The molecule has 1 atom stereocenters. The summed E-state index contributed by atoms with van der Waals surface area (Å²) in [4.78, 5) is 11.9. The van der Waals surface area contributed by atoms with Crippen LogP contribution in [0.25, 0.3) is 0 Å². The Labute approximate surface area is 152 Å². The molecule has 0 spiro atoms. The van der Waals surface area contributed by atoms with Gasteiger partial charge in [-0.05, 0) is 39.3 Å². The molecule has 8 heteroatoms. The van der Waals surface area contributed by atoms with Gasteiger partial charge in [0.25, 0.3) is 0 Å². The Hall–Kier alpha value is -2.12. The minimum Gasteiger partial charge on any atom is -0.444 e. The van der Waals surface area contributed by atoms with Crippen molar-refractivity contribution < 1.29 is 27.4 Å². The first-order valence-corrected chi connectivity index (χ1v) is 8.57. The molecule has 1 aromatic rings. The highest BCUT2D eigenvalue weighted by Crippen LogP contribution is 2.25. The Bertz CT molecular complexity index is 572. The van der Waals surface area contributed by atoms with Gasteiger partial charge >= 0.3 is 12.5 Å². The van der Waals surface area contributed by atoms with Gasteiger partial charge in [-0.15, -0.1) is 13.2 Å². The number of ether oxygens (including phenoxy) is 2. The summed E-state index contributed by atoms with van der Waals surface area (Å²) in [5.74, 6) is -0.298. The highest BCUT2D eigenvalue weighted by molar-refractivity contribution is 5.68. The Balaban J connectivity index is 2.65. The average molecular weight is 376 g/mol. The molecule has 0 saturated heterocycles. The minimum absolute atomic E-state index is 0.211. The molecule has 0 heterocycles. The molecule has 0 aliphatic heterocycles. The van der Waals surface area contributed by atoms with E-state index in [9.17, 15) is 18.0 Å². The number of nitrogens with one attached hydrogen (secondary N) is 2. The standard InChI is InChI=1S/C18H27F3N2O3/c1-5-6-8-14(23-16(24)26-17(2,3)4)12-22-13-9-7-10-15(11-13)25-18(19,20)21/h7,9-11,14,22H,5-6,8,12H2,1-4H3,(H,23,24)/t14-/m0/s1. The van der Waals surface area contributed by atoms with Gasteiger partial charge in [0.05, 0.1) is 0 Å². The summed E-state index contributed by atoms with van der Waals surface area (Å²) in [5.41, 5.74) is -0.130. The van der Waals surface area contributed by atoms with Gasteiger partial charge in [-0.25, -0.2) is 4.79 Å². The SMILES string of the molecule is CCCC[C@@H](CNc1cccc(OC(F)(F)F)c1)NC(=O)OC(C)(C)C. The third-order valence-corrected chi connectivity index (χ3v) is 3.25. The maximum Gasteiger partial charge on any atom is 0.573 e. The zero-order chi connectivity index (χ0) is 19.8. The highest BCUT2D eigenvalue weighted by Gasteiger charge is 2.31. The van der Waals surface area contributed by atoms with Crippen LogP contribution in [0.5, 0.6) is 5.75 Å². The third kappa shape index (κ3) is 10.0. The van der Waals surface area contributed by atoms with Crippen molar-refractivity contribution in [2.45, 2.75) is 65.0 Å². The van der Waals surface area contributed by atoms with Crippen LogP contribution in [0, 0.1) is 0 Å². The molecule has 0 aliphatic rings. The van der Waals surface area contributed by atoms with E-state index in [1.54, 1.807) is 26.8 Å². The lowest BCUT2D eigenvalue weighted by molar-refractivity contribution is -0.274. The van der Waals surface area contributed by atoms with Gasteiger partial charge in [0.15, 0.2) is 0 Å². The first kappa shape index (κ1) is 21.9. The fourth-order valence-electron chi connectivity index (χ4n) is 2.19. The molecule has 1 rings (SSSR count). The second-order valence-corrected chi connectivity index (χ2v) is 6.94. The van der Waals surface area contributed by atoms with Crippen molar-refractivity contribution in [2.24, 2.45) is 0 Å². The molecule has 0 aliphatic carbocycles. The predicted molar refractivity (Wildman–Crippen MR) is 94.3 cm³/mol. The third-order valence-electron chi connectivity index (χ3n) is 3.25. The van der Waals surface area contributed by atoms with Gasteiger partial charge in [0.1, 0.15) is 11.4 Å². The van der Waals surface area contributed by atoms with Crippen molar-refractivity contribution in [3.8, 4) is 5.75 Å². The van der Waals surface area contributed by atoms with E-state index in [0.29, 0.717) is 12.2 Å². The lowest BCUT2D eigenvalue weighted by atomic mass is 10.1. The fraction of sp³-hybridized carbons (Fsp3) is 0.611. The Morgan fingerprint density at radius 2 is 1.92 bits per heavy atom. The number of carbonyl (C=O) groups excluding carboxylic acids is 1. The molecule has 0 bridgehead atoms. The van der Waals surface area contributed by atoms with Crippen molar-refractivity contribution in [1.29, 1.82) is 0 Å². The number of amides is 1. The fourth-order valence-corrected chi connectivity index (χ4v) is 2.19. The predicted octanol–water partition coefficient (Wildman–Crippen LogP) is 5.08. The second-order valence-electron chi connectivity index (χ2n) is 6.94. The van der Waals surface area contributed by atoms with Crippen LogP contribution in [-0.2, 0) is 4.74 Å². The molecule has 0 aromatic heterocycles. The Kier molecular flexibility index (Phi) is 8.05. The van der Waals surface area contributed by atoms with Crippen LogP contribution in [0.1, 0.15) is 47.0 Å². The normalized spacial score (nSPS) is 13.0. The van der Waals surface area contributed by atoms with Crippen LogP contribution in [0.4, 0.5) is 23.7 Å². The smallest absolute Gasteiger partial charge is 0.444 e. The van der Waals surface area contributed by atoms with Crippen LogP contribution in [0.2, 0.25) is 0 Å². The van der Waals surface area contributed by atoms with Gasteiger partial charge < -0.3 is 20.1 Å². The maximum absolute atomic E-state index is 12.3. The summed E-state index contributed by atoms with van der Waals surface area (Å²) < 4.78 is 46.1. The van der Waals surface area contributed by atoms with E-state index in [-0.39, 0.29) is 11.8 Å². The number of unbranched alkanes of at least 4 members (excludes halogenated alkanes) is 1. The van der Waals surface area contributed by atoms with Crippen LogP contribution in [0.15, 0.2) is 24.3 Å². The number of alkyl carbamates (subject to hydrolysis) is 1. The molecular formula is C18H27F3N2O3. The molecule has 0 saturated carbocycles. The lowest BCUT2D eigenvalue weighted by Crippen LogP contribution is -2.42. The Morgan fingerprint density at radius 1 is 1.23 bits per heavy atom. The summed E-state index contributed by atoms with van der Waals surface area (Å²) in [6.07, 6.45) is -2.67. The van der Waals surface area contributed by atoms with Crippen molar-refractivity contribution in [3.63, 3.8) is 0 Å². The molecule has 1 aromatic carbocycles.